The first-order chi connectivity index (χ1) is 8.75. The second kappa shape index (κ2) is 4.41. The molecule has 0 bridgehead atoms. The van der Waals surface area contributed by atoms with Crippen molar-refractivity contribution in [2.45, 2.75) is 26.2 Å². The lowest BCUT2D eigenvalue weighted by molar-refractivity contribution is 0.0972. The monoisotopic (exact) mass is 236 g/mol. The lowest BCUT2D eigenvalue weighted by Crippen LogP contribution is -2.11. The largest absolute Gasteiger partial charge is 0.294 e. The van der Waals surface area contributed by atoms with Crippen LogP contribution in [0.15, 0.2) is 42.5 Å². The Morgan fingerprint density at radius 3 is 2.56 bits per heavy atom. The first-order valence-corrected chi connectivity index (χ1v) is 6.48. The number of carbonyl (C=O) groups is 1. The molecule has 0 N–H and O–H groups in total. The van der Waals surface area contributed by atoms with Crippen LogP contribution >= 0.6 is 0 Å². The van der Waals surface area contributed by atoms with E-state index in [4.69, 9.17) is 0 Å². The molecule has 0 aliphatic heterocycles. The highest BCUT2D eigenvalue weighted by Crippen LogP contribution is 2.31. The Morgan fingerprint density at radius 2 is 1.72 bits per heavy atom. The fourth-order valence-electron chi connectivity index (χ4n) is 2.76. The van der Waals surface area contributed by atoms with E-state index in [9.17, 15) is 4.79 Å². The normalized spacial score (nSPS) is 14.4. The van der Waals surface area contributed by atoms with Gasteiger partial charge >= 0.3 is 0 Å². The summed E-state index contributed by atoms with van der Waals surface area (Å²) in [5.41, 5.74) is 5.87. The van der Waals surface area contributed by atoms with Gasteiger partial charge in [0, 0.05) is 12.0 Å². The van der Waals surface area contributed by atoms with E-state index in [0.717, 1.165) is 18.4 Å². The molecular weight excluding hydrogens is 220 g/mol. The van der Waals surface area contributed by atoms with Gasteiger partial charge in [-0.3, -0.25) is 4.79 Å². The van der Waals surface area contributed by atoms with Crippen LogP contribution in [0, 0.1) is 6.92 Å². The number of benzene rings is 2. The van der Waals surface area contributed by atoms with Crippen LogP contribution in [0.2, 0.25) is 0 Å². The molecule has 0 spiro atoms. The van der Waals surface area contributed by atoms with E-state index in [0.29, 0.717) is 12.2 Å². The summed E-state index contributed by atoms with van der Waals surface area (Å²) in [5.74, 6) is 0.297. The molecule has 0 unspecified atom stereocenters. The zero-order valence-electron chi connectivity index (χ0n) is 10.6. The molecule has 0 saturated carbocycles. The lowest BCUT2D eigenvalue weighted by Gasteiger charge is -2.18. The van der Waals surface area contributed by atoms with Crippen LogP contribution in [-0.4, -0.2) is 5.78 Å². The molecule has 90 valence electrons. The van der Waals surface area contributed by atoms with Gasteiger partial charge in [-0.2, -0.15) is 0 Å². The van der Waals surface area contributed by atoms with Crippen molar-refractivity contribution in [2.75, 3.05) is 0 Å². The van der Waals surface area contributed by atoms with Crippen molar-refractivity contribution in [3.8, 4) is 11.1 Å². The number of rotatable bonds is 1. The molecule has 0 radical (unpaired) electrons. The summed E-state index contributed by atoms with van der Waals surface area (Å²) >= 11 is 0. The summed E-state index contributed by atoms with van der Waals surface area (Å²) in [4.78, 5) is 11.9. The van der Waals surface area contributed by atoms with Gasteiger partial charge in [-0.1, -0.05) is 48.0 Å². The summed E-state index contributed by atoms with van der Waals surface area (Å²) in [5, 5.41) is 0. The van der Waals surface area contributed by atoms with Crippen LogP contribution in [0.4, 0.5) is 0 Å². The Labute approximate surface area is 107 Å². The third kappa shape index (κ3) is 1.86. The van der Waals surface area contributed by atoms with Crippen LogP contribution in [-0.2, 0) is 6.42 Å². The number of aryl methyl sites for hydroxylation is 1. The molecule has 0 aromatic heterocycles. The minimum atomic E-state index is 0.297. The Balaban J connectivity index is 2.19. The lowest BCUT2D eigenvalue weighted by atomic mass is 9.85. The van der Waals surface area contributed by atoms with E-state index in [1.54, 1.807) is 0 Å². The highest BCUT2D eigenvalue weighted by Gasteiger charge is 2.19. The number of ketones is 1. The third-order valence-electron chi connectivity index (χ3n) is 3.64. The Morgan fingerprint density at radius 1 is 0.944 bits per heavy atom. The predicted octanol–water partition coefficient (Wildman–Crippen LogP) is 4.18. The molecule has 18 heavy (non-hydrogen) atoms. The van der Waals surface area contributed by atoms with Gasteiger partial charge in [0.2, 0.25) is 0 Å². The maximum absolute atomic E-state index is 11.9. The van der Waals surface area contributed by atoms with Gasteiger partial charge in [-0.05, 0) is 36.5 Å². The van der Waals surface area contributed by atoms with Crippen molar-refractivity contribution >= 4 is 5.78 Å². The van der Waals surface area contributed by atoms with E-state index in [-0.39, 0.29) is 0 Å². The third-order valence-corrected chi connectivity index (χ3v) is 3.64. The minimum absolute atomic E-state index is 0.297. The highest BCUT2D eigenvalue weighted by molar-refractivity contribution is 6.00. The number of hydrogen-bond donors (Lipinski definition) is 0. The van der Waals surface area contributed by atoms with Crippen molar-refractivity contribution in [2.24, 2.45) is 0 Å². The first-order valence-electron chi connectivity index (χ1n) is 6.48. The second-order valence-corrected chi connectivity index (χ2v) is 4.98. The van der Waals surface area contributed by atoms with Gasteiger partial charge in [0.15, 0.2) is 5.78 Å². The Hall–Kier alpha value is -1.89. The molecule has 0 fully saturated rings. The molecule has 0 amide bonds. The van der Waals surface area contributed by atoms with E-state index < -0.39 is 0 Å². The molecule has 3 rings (SSSR count). The maximum Gasteiger partial charge on any atom is 0.163 e. The Bertz CT molecular complexity index is 611. The van der Waals surface area contributed by atoms with E-state index >= 15 is 0 Å². The molecule has 1 heteroatoms. The molecule has 0 atom stereocenters. The average Bonchev–Trinajstić information content (AvgIpc) is 2.39. The molecule has 2 aromatic rings. The van der Waals surface area contributed by atoms with Crippen molar-refractivity contribution in [1.82, 2.24) is 0 Å². The fraction of sp³-hybridized carbons (Fsp3) is 0.235. The van der Waals surface area contributed by atoms with Crippen molar-refractivity contribution < 1.29 is 4.79 Å². The zero-order valence-corrected chi connectivity index (χ0v) is 10.6. The van der Waals surface area contributed by atoms with Gasteiger partial charge in [0.1, 0.15) is 0 Å². The summed E-state index contributed by atoms with van der Waals surface area (Å²) in [6.45, 7) is 2.10. The number of carbonyl (C=O) groups excluding carboxylic acids is 1. The fourth-order valence-corrected chi connectivity index (χ4v) is 2.76. The maximum atomic E-state index is 11.9. The van der Waals surface area contributed by atoms with Crippen LogP contribution in [0.3, 0.4) is 0 Å². The second-order valence-electron chi connectivity index (χ2n) is 4.98. The van der Waals surface area contributed by atoms with Gasteiger partial charge in [0.25, 0.3) is 0 Å². The van der Waals surface area contributed by atoms with Gasteiger partial charge in [0.05, 0.1) is 0 Å². The Kier molecular flexibility index (Phi) is 2.75. The minimum Gasteiger partial charge on any atom is -0.294 e. The molecule has 1 aliphatic rings. The molecule has 1 nitrogen and oxygen atoms in total. The number of hydrogen-bond acceptors (Lipinski definition) is 1. The molecule has 0 heterocycles. The van der Waals surface area contributed by atoms with E-state index in [1.165, 1.54) is 22.3 Å². The average molecular weight is 236 g/mol. The SMILES string of the molecule is Cc1cccc(-c2cccc3c2CCCC3=O)c1. The zero-order chi connectivity index (χ0) is 12.5. The molecule has 2 aromatic carbocycles. The smallest absolute Gasteiger partial charge is 0.163 e. The number of Topliss-reactive ketones (excluding diaryl/α,β-unsaturated/α-hetero) is 1. The number of fused-ring (bicyclic) bond motifs is 1. The summed E-state index contributed by atoms with van der Waals surface area (Å²) in [7, 11) is 0. The highest BCUT2D eigenvalue weighted by atomic mass is 16.1. The van der Waals surface area contributed by atoms with E-state index in [1.807, 2.05) is 12.1 Å². The van der Waals surface area contributed by atoms with Crippen molar-refractivity contribution in [3.05, 3.63) is 59.2 Å². The standard InChI is InChI=1S/C17H16O/c1-12-5-2-6-13(11-12)14-7-3-9-16-15(14)8-4-10-17(16)18/h2-3,5-7,9,11H,4,8,10H2,1H3. The van der Waals surface area contributed by atoms with Crippen molar-refractivity contribution in [3.63, 3.8) is 0 Å². The van der Waals surface area contributed by atoms with Crippen LogP contribution in [0.1, 0.15) is 34.3 Å². The van der Waals surface area contributed by atoms with Gasteiger partial charge in [-0.25, -0.2) is 0 Å². The first kappa shape index (κ1) is 11.2. The van der Waals surface area contributed by atoms with Crippen LogP contribution < -0.4 is 0 Å². The predicted molar refractivity (Wildman–Crippen MR) is 73.9 cm³/mol. The van der Waals surface area contributed by atoms with Crippen molar-refractivity contribution in [1.29, 1.82) is 0 Å². The quantitative estimate of drug-likeness (QED) is 0.726. The van der Waals surface area contributed by atoms with Gasteiger partial charge in [-0.15, -0.1) is 0 Å². The summed E-state index contributed by atoms with van der Waals surface area (Å²) in [6.07, 6.45) is 2.70. The van der Waals surface area contributed by atoms with Crippen LogP contribution in [0.5, 0.6) is 0 Å². The van der Waals surface area contributed by atoms with Gasteiger partial charge < -0.3 is 0 Å². The molecular formula is C17H16O. The summed E-state index contributed by atoms with van der Waals surface area (Å²) < 4.78 is 0. The topological polar surface area (TPSA) is 17.1 Å². The molecule has 1 aliphatic carbocycles. The van der Waals surface area contributed by atoms with E-state index in [2.05, 4.69) is 37.3 Å². The summed E-state index contributed by atoms with van der Waals surface area (Å²) in [6, 6.07) is 14.6. The molecule has 0 saturated heterocycles. The van der Waals surface area contributed by atoms with Crippen LogP contribution in [0.25, 0.3) is 11.1 Å².